The minimum atomic E-state index is -0.670. The molecule has 2 saturated heterocycles. The van der Waals surface area contributed by atoms with Crippen LogP contribution < -0.4 is 5.32 Å². The average Bonchev–Trinajstić information content (AvgIpc) is 2.45. The second-order valence-corrected chi connectivity index (χ2v) is 4.08. The Morgan fingerprint density at radius 1 is 1.62 bits per heavy atom. The van der Waals surface area contributed by atoms with Gasteiger partial charge < -0.3 is 10.4 Å². The molecule has 0 aliphatic carbocycles. The third-order valence-electron chi connectivity index (χ3n) is 3.42. The van der Waals surface area contributed by atoms with E-state index >= 15 is 0 Å². The Morgan fingerprint density at radius 2 is 2.38 bits per heavy atom. The van der Waals surface area contributed by atoms with Gasteiger partial charge in [0, 0.05) is 12.6 Å². The first kappa shape index (κ1) is 8.97. The highest BCUT2D eigenvalue weighted by molar-refractivity contribution is 5.74. The van der Waals surface area contributed by atoms with Gasteiger partial charge in [-0.05, 0) is 32.4 Å². The predicted octanol–water partition coefficient (Wildman–Crippen LogP) is -0.247. The molecule has 0 bridgehead atoms. The average molecular weight is 184 g/mol. The third-order valence-corrected chi connectivity index (χ3v) is 3.42. The molecule has 2 aliphatic heterocycles. The number of piperidine rings is 1. The number of nitrogens with one attached hydrogen (secondary N) is 1. The Hall–Kier alpha value is -0.610. The number of carbonyl (C=O) groups is 1. The van der Waals surface area contributed by atoms with Crippen LogP contribution in [0, 0.1) is 5.92 Å². The van der Waals surface area contributed by atoms with Crippen molar-refractivity contribution in [2.45, 2.75) is 24.9 Å². The summed E-state index contributed by atoms with van der Waals surface area (Å²) in [5.74, 6) is -0.0794. The van der Waals surface area contributed by atoms with Crippen molar-refractivity contribution in [1.29, 1.82) is 0 Å². The van der Waals surface area contributed by atoms with Crippen LogP contribution in [0.2, 0.25) is 0 Å². The summed E-state index contributed by atoms with van der Waals surface area (Å²) in [6.45, 7) is 1.99. The van der Waals surface area contributed by atoms with Crippen molar-refractivity contribution in [1.82, 2.24) is 10.2 Å². The lowest BCUT2D eigenvalue weighted by atomic mass is 9.92. The molecular weight excluding hydrogens is 168 g/mol. The minimum absolute atomic E-state index is 0.255. The maximum Gasteiger partial charge on any atom is 0.320 e. The minimum Gasteiger partial charge on any atom is -0.480 e. The van der Waals surface area contributed by atoms with E-state index in [0.29, 0.717) is 12.0 Å². The van der Waals surface area contributed by atoms with E-state index in [1.165, 1.54) is 0 Å². The van der Waals surface area contributed by atoms with E-state index in [4.69, 9.17) is 5.11 Å². The van der Waals surface area contributed by atoms with Gasteiger partial charge in [-0.2, -0.15) is 0 Å². The van der Waals surface area contributed by atoms with Gasteiger partial charge in [-0.1, -0.05) is 0 Å². The molecule has 2 fully saturated rings. The molecule has 0 aromatic rings. The number of likely N-dealkylation sites (N-methyl/N-ethyl adjacent to an activating group) is 1. The second-order valence-electron chi connectivity index (χ2n) is 4.08. The van der Waals surface area contributed by atoms with E-state index in [-0.39, 0.29) is 6.04 Å². The largest absolute Gasteiger partial charge is 0.480 e. The van der Waals surface area contributed by atoms with Crippen LogP contribution in [0.15, 0.2) is 0 Å². The van der Waals surface area contributed by atoms with Gasteiger partial charge in [0.2, 0.25) is 0 Å². The summed E-state index contributed by atoms with van der Waals surface area (Å²) in [4.78, 5) is 12.9. The summed E-state index contributed by atoms with van der Waals surface area (Å²) in [7, 11) is 1.93. The van der Waals surface area contributed by atoms with Crippen LogP contribution in [0.3, 0.4) is 0 Å². The zero-order chi connectivity index (χ0) is 9.42. The third kappa shape index (κ3) is 1.44. The highest BCUT2D eigenvalue weighted by atomic mass is 16.4. The molecule has 0 aromatic carbocycles. The molecular formula is C9H16N2O2. The number of carboxylic acids is 1. The molecule has 3 unspecified atom stereocenters. The summed E-state index contributed by atoms with van der Waals surface area (Å²) in [5.41, 5.74) is 0. The first-order valence-corrected chi connectivity index (χ1v) is 4.85. The van der Waals surface area contributed by atoms with Gasteiger partial charge in [-0.25, -0.2) is 0 Å². The Morgan fingerprint density at radius 3 is 3.00 bits per heavy atom. The van der Waals surface area contributed by atoms with Crippen LogP contribution in [0.1, 0.15) is 12.8 Å². The summed E-state index contributed by atoms with van der Waals surface area (Å²) in [6.07, 6.45) is 1.96. The highest BCUT2D eigenvalue weighted by Crippen LogP contribution is 2.32. The van der Waals surface area contributed by atoms with Crippen molar-refractivity contribution in [3.8, 4) is 0 Å². The van der Waals surface area contributed by atoms with Gasteiger partial charge in [0.1, 0.15) is 6.04 Å². The van der Waals surface area contributed by atoms with E-state index in [0.717, 1.165) is 25.9 Å². The first-order chi connectivity index (χ1) is 6.20. The van der Waals surface area contributed by atoms with Gasteiger partial charge >= 0.3 is 5.97 Å². The van der Waals surface area contributed by atoms with E-state index < -0.39 is 5.97 Å². The topological polar surface area (TPSA) is 52.6 Å². The molecule has 2 N–H and O–H groups in total. The molecule has 2 aliphatic rings. The monoisotopic (exact) mass is 184 g/mol. The Kier molecular flexibility index (Phi) is 2.26. The Bertz CT molecular complexity index is 220. The number of nitrogens with zero attached hydrogens (tertiary/aromatic N) is 1. The molecule has 74 valence electrons. The van der Waals surface area contributed by atoms with Crippen molar-refractivity contribution in [3.63, 3.8) is 0 Å². The molecule has 4 nitrogen and oxygen atoms in total. The van der Waals surface area contributed by atoms with Crippen molar-refractivity contribution in [3.05, 3.63) is 0 Å². The number of rotatable bonds is 1. The van der Waals surface area contributed by atoms with E-state index in [1.54, 1.807) is 0 Å². The maximum absolute atomic E-state index is 10.9. The maximum atomic E-state index is 10.9. The van der Waals surface area contributed by atoms with E-state index in [1.807, 2.05) is 11.9 Å². The van der Waals surface area contributed by atoms with Crippen molar-refractivity contribution >= 4 is 5.97 Å². The Labute approximate surface area is 77.9 Å². The molecule has 0 amide bonds. The van der Waals surface area contributed by atoms with Crippen LogP contribution in [0.5, 0.6) is 0 Å². The zero-order valence-electron chi connectivity index (χ0n) is 7.86. The predicted molar refractivity (Wildman–Crippen MR) is 48.6 cm³/mol. The second kappa shape index (κ2) is 3.27. The summed E-state index contributed by atoms with van der Waals surface area (Å²) in [5, 5.41) is 12.3. The van der Waals surface area contributed by atoms with Gasteiger partial charge in [0.15, 0.2) is 0 Å². The summed E-state index contributed by atoms with van der Waals surface area (Å²) >= 11 is 0. The summed E-state index contributed by atoms with van der Waals surface area (Å²) < 4.78 is 0. The number of aliphatic carboxylic acids is 1. The number of hydrogen-bond acceptors (Lipinski definition) is 3. The molecule has 3 atom stereocenters. The molecule has 0 saturated carbocycles. The standard InChI is InChI=1S/C9H16N2O2/c1-11-7(9(12)13)4-6-2-3-10-5-8(6)11/h6-8,10H,2-5H2,1H3,(H,12,13). The fourth-order valence-corrected chi connectivity index (χ4v) is 2.61. The molecule has 13 heavy (non-hydrogen) atoms. The molecule has 0 aromatic heterocycles. The van der Waals surface area contributed by atoms with Crippen molar-refractivity contribution in [2.24, 2.45) is 5.92 Å². The lowest BCUT2D eigenvalue weighted by molar-refractivity contribution is -0.142. The van der Waals surface area contributed by atoms with Crippen molar-refractivity contribution < 1.29 is 9.90 Å². The first-order valence-electron chi connectivity index (χ1n) is 4.85. The molecule has 0 radical (unpaired) electrons. The quantitative estimate of drug-likeness (QED) is 0.590. The molecule has 2 heterocycles. The summed E-state index contributed by atoms with van der Waals surface area (Å²) in [6, 6.07) is 0.185. The van der Waals surface area contributed by atoms with Crippen LogP contribution in [0.4, 0.5) is 0 Å². The van der Waals surface area contributed by atoms with Crippen LogP contribution in [-0.2, 0) is 4.79 Å². The van der Waals surface area contributed by atoms with Crippen LogP contribution >= 0.6 is 0 Å². The van der Waals surface area contributed by atoms with Gasteiger partial charge in [-0.15, -0.1) is 0 Å². The number of fused-ring (bicyclic) bond motifs is 1. The van der Waals surface area contributed by atoms with Gasteiger partial charge in [0.25, 0.3) is 0 Å². The van der Waals surface area contributed by atoms with Crippen LogP contribution in [-0.4, -0.2) is 48.2 Å². The number of hydrogen-bond donors (Lipinski definition) is 2. The lowest BCUT2D eigenvalue weighted by Crippen LogP contribution is -2.46. The highest BCUT2D eigenvalue weighted by Gasteiger charge is 2.42. The molecule has 0 spiro atoms. The molecule has 4 heteroatoms. The fraction of sp³-hybridized carbons (Fsp3) is 0.889. The van der Waals surface area contributed by atoms with Crippen molar-refractivity contribution in [2.75, 3.05) is 20.1 Å². The smallest absolute Gasteiger partial charge is 0.320 e. The Balaban J connectivity index is 2.09. The number of likely N-dealkylation sites (tertiary alicyclic amines) is 1. The van der Waals surface area contributed by atoms with Crippen LogP contribution in [0.25, 0.3) is 0 Å². The zero-order valence-corrected chi connectivity index (χ0v) is 7.86. The SMILES string of the molecule is CN1C(C(=O)O)CC2CCNCC21. The van der Waals surface area contributed by atoms with E-state index in [9.17, 15) is 4.79 Å². The van der Waals surface area contributed by atoms with E-state index in [2.05, 4.69) is 5.32 Å². The lowest BCUT2D eigenvalue weighted by Gasteiger charge is -2.30. The molecule has 2 rings (SSSR count). The fourth-order valence-electron chi connectivity index (χ4n) is 2.61. The number of carboxylic acid groups (broad SMARTS) is 1. The van der Waals surface area contributed by atoms with Gasteiger partial charge in [-0.3, -0.25) is 9.69 Å². The normalized spacial score (nSPS) is 40.2. The van der Waals surface area contributed by atoms with Gasteiger partial charge in [0.05, 0.1) is 0 Å².